The van der Waals surface area contributed by atoms with Gasteiger partial charge in [-0.15, -0.1) is 0 Å². The van der Waals surface area contributed by atoms with Crippen molar-refractivity contribution >= 4 is 10.9 Å². The number of methoxy groups -OCH3 is 1. The Bertz CT molecular complexity index is 1450. The van der Waals surface area contributed by atoms with Gasteiger partial charge in [0.15, 0.2) is 11.6 Å². The maximum absolute atomic E-state index is 14.6. The van der Waals surface area contributed by atoms with Gasteiger partial charge in [-0.05, 0) is 49.7 Å². The summed E-state index contributed by atoms with van der Waals surface area (Å²) in [4.78, 5) is 22.9. The van der Waals surface area contributed by atoms with Crippen molar-refractivity contribution in [1.29, 1.82) is 5.26 Å². The molecule has 4 aromatic rings. The van der Waals surface area contributed by atoms with Gasteiger partial charge in [-0.3, -0.25) is 14.3 Å². The molecule has 1 fully saturated rings. The van der Waals surface area contributed by atoms with Crippen LogP contribution in [0.1, 0.15) is 30.3 Å². The number of nitrogens with zero attached hydrogens (tertiary/aromatic N) is 4. The van der Waals surface area contributed by atoms with Gasteiger partial charge < -0.3 is 10.1 Å². The van der Waals surface area contributed by atoms with Crippen LogP contribution in [0.25, 0.3) is 27.7 Å². The summed E-state index contributed by atoms with van der Waals surface area (Å²) in [6, 6.07) is 13.3. The molecule has 33 heavy (non-hydrogen) atoms. The van der Waals surface area contributed by atoms with Crippen molar-refractivity contribution in [3.8, 4) is 28.6 Å². The lowest BCUT2D eigenvalue weighted by molar-refractivity contribution is 0.386. The zero-order valence-corrected chi connectivity index (χ0v) is 17.9. The Morgan fingerprint density at radius 1 is 1.27 bits per heavy atom. The molecule has 1 aliphatic rings. The molecule has 1 saturated heterocycles. The van der Waals surface area contributed by atoms with Crippen LogP contribution < -0.4 is 15.6 Å². The van der Waals surface area contributed by atoms with Crippen molar-refractivity contribution in [2.75, 3.05) is 13.7 Å². The highest BCUT2D eigenvalue weighted by atomic mass is 19.1. The lowest BCUT2D eigenvalue weighted by Crippen LogP contribution is -2.29. The summed E-state index contributed by atoms with van der Waals surface area (Å²) >= 11 is 0. The zero-order valence-electron chi connectivity index (χ0n) is 17.9. The fraction of sp³-hybridized carbons (Fsp3) is 0.200. The number of nitrogens with one attached hydrogen (secondary N) is 1. The Hall–Kier alpha value is -4.09. The minimum absolute atomic E-state index is 0.0896. The van der Waals surface area contributed by atoms with Crippen molar-refractivity contribution in [3.05, 3.63) is 82.4 Å². The first-order valence-corrected chi connectivity index (χ1v) is 10.6. The molecule has 0 saturated carbocycles. The molecule has 2 aromatic heterocycles. The van der Waals surface area contributed by atoms with Crippen LogP contribution >= 0.6 is 0 Å². The van der Waals surface area contributed by atoms with Gasteiger partial charge >= 0.3 is 0 Å². The van der Waals surface area contributed by atoms with Crippen LogP contribution in [-0.4, -0.2) is 28.2 Å². The Labute approximate surface area is 189 Å². The molecule has 3 heterocycles. The predicted molar refractivity (Wildman–Crippen MR) is 122 cm³/mol. The van der Waals surface area contributed by atoms with Gasteiger partial charge in [-0.1, -0.05) is 6.07 Å². The smallest absolute Gasteiger partial charge is 0.266 e. The molecule has 164 valence electrons. The summed E-state index contributed by atoms with van der Waals surface area (Å²) in [6.45, 7) is 0.804. The van der Waals surface area contributed by atoms with E-state index in [1.54, 1.807) is 30.6 Å². The van der Waals surface area contributed by atoms with Crippen LogP contribution in [0.15, 0.2) is 59.7 Å². The molecule has 0 bridgehead atoms. The van der Waals surface area contributed by atoms with E-state index >= 15 is 0 Å². The molecular formula is C25H20FN5O2. The molecule has 1 N–H and O–H groups in total. The highest BCUT2D eigenvalue weighted by Gasteiger charge is 2.25. The third-order valence-electron chi connectivity index (χ3n) is 5.87. The van der Waals surface area contributed by atoms with E-state index in [1.807, 2.05) is 6.07 Å². The third-order valence-corrected chi connectivity index (χ3v) is 5.87. The molecule has 1 atom stereocenters. The largest absolute Gasteiger partial charge is 0.494 e. The van der Waals surface area contributed by atoms with Gasteiger partial charge in [0.1, 0.15) is 5.82 Å². The van der Waals surface area contributed by atoms with Crippen LogP contribution in [0.3, 0.4) is 0 Å². The Morgan fingerprint density at radius 3 is 2.82 bits per heavy atom. The molecule has 5 rings (SSSR count). The molecule has 7 nitrogen and oxygen atoms in total. The summed E-state index contributed by atoms with van der Waals surface area (Å²) in [5, 5.41) is 13.3. The number of pyridine rings is 1. The quantitative estimate of drug-likeness (QED) is 0.517. The number of nitriles is 1. The summed E-state index contributed by atoms with van der Waals surface area (Å²) in [7, 11) is 1.39. The lowest BCUT2D eigenvalue weighted by atomic mass is 10.0. The highest BCUT2D eigenvalue weighted by molar-refractivity contribution is 5.94. The fourth-order valence-electron chi connectivity index (χ4n) is 4.30. The van der Waals surface area contributed by atoms with Crippen LogP contribution in [0, 0.1) is 17.1 Å². The Morgan fingerprint density at radius 2 is 2.15 bits per heavy atom. The average Bonchev–Trinajstić information content (AvgIpc) is 3.39. The maximum atomic E-state index is 14.6. The predicted octanol–water partition coefficient (Wildman–Crippen LogP) is 3.89. The second kappa shape index (κ2) is 8.45. The molecule has 0 spiro atoms. The van der Waals surface area contributed by atoms with Crippen molar-refractivity contribution in [2.45, 2.75) is 18.9 Å². The van der Waals surface area contributed by atoms with Gasteiger partial charge in [0, 0.05) is 29.6 Å². The zero-order chi connectivity index (χ0) is 22.9. The lowest BCUT2D eigenvalue weighted by Gasteiger charge is -2.20. The molecule has 0 amide bonds. The van der Waals surface area contributed by atoms with Gasteiger partial charge in [0.2, 0.25) is 0 Å². The van der Waals surface area contributed by atoms with Crippen LogP contribution in [0.2, 0.25) is 0 Å². The van der Waals surface area contributed by atoms with Crippen LogP contribution in [0.4, 0.5) is 4.39 Å². The van der Waals surface area contributed by atoms with E-state index in [0.717, 1.165) is 24.9 Å². The Balaban J connectivity index is 1.86. The molecular weight excluding hydrogens is 421 g/mol. The van der Waals surface area contributed by atoms with E-state index in [2.05, 4.69) is 16.4 Å². The maximum Gasteiger partial charge on any atom is 0.266 e. The normalized spacial score (nSPS) is 15.5. The highest BCUT2D eigenvalue weighted by Crippen LogP contribution is 2.31. The number of aromatic nitrogens is 3. The molecule has 0 radical (unpaired) electrons. The van der Waals surface area contributed by atoms with E-state index in [4.69, 9.17) is 9.72 Å². The summed E-state index contributed by atoms with van der Waals surface area (Å²) in [5.74, 6) is 0.0188. The molecule has 1 aliphatic heterocycles. The first-order valence-electron chi connectivity index (χ1n) is 10.6. The minimum Gasteiger partial charge on any atom is -0.494 e. The molecule has 8 heteroatoms. The van der Waals surface area contributed by atoms with Crippen LogP contribution in [0.5, 0.6) is 5.75 Å². The molecule has 0 unspecified atom stereocenters. The summed E-state index contributed by atoms with van der Waals surface area (Å²) < 4.78 is 21.0. The van der Waals surface area contributed by atoms with Crippen molar-refractivity contribution < 1.29 is 9.13 Å². The van der Waals surface area contributed by atoms with Gasteiger partial charge in [-0.2, -0.15) is 5.26 Å². The number of benzene rings is 2. The van der Waals surface area contributed by atoms with E-state index in [0.29, 0.717) is 28.2 Å². The number of hydrogen-bond acceptors (Lipinski definition) is 6. The number of hydrogen-bond donors (Lipinski definition) is 1. The number of rotatable bonds is 4. The van der Waals surface area contributed by atoms with E-state index < -0.39 is 5.82 Å². The van der Waals surface area contributed by atoms with Crippen LogP contribution in [-0.2, 0) is 0 Å². The Kier molecular flexibility index (Phi) is 5.32. The topological polar surface area (TPSA) is 92.8 Å². The second-order valence-electron chi connectivity index (χ2n) is 7.85. The number of halogens is 1. The third kappa shape index (κ3) is 3.62. The first kappa shape index (κ1) is 20.8. The van der Waals surface area contributed by atoms with Crippen molar-refractivity contribution in [3.63, 3.8) is 0 Å². The first-order chi connectivity index (χ1) is 16.1. The number of fused-ring (bicyclic) bond motifs is 1. The minimum atomic E-state index is -0.575. The summed E-state index contributed by atoms with van der Waals surface area (Å²) in [5.41, 5.74) is 2.21. The SMILES string of the molecule is COc1ccc(-n2c([C@@H]3CCCN3)nc3c(-c4cccnc4)cc(C#N)cc3c2=O)cc1F. The molecule has 0 aliphatic carbocycles. The van der Waals surface area contributed by atoms with Gasteiger partial charge in [-0.25, -0.2) is 9.37 Å². The average molecular weight is 441 g/mol. The number of ether oxygens (including phenoxy) is 1. The van der Waals surface area contributed by atoms with Gasteiger partial charge in [0.05, 0.1) is 41.4 Å². The second-order valence-corrected chi connectivity index (χ2v) is 7.85. The standard InChI is InChI=1S/C25H20FN5O2/c1-33-22-7-6-17(12-20(22)26)31-24(21-5-3-9-29-21)30-23-18(16-4-2-8-28-14-16)10-15(13-27)11-19(23)25(31)32/h2,4,6-8,10-12,14,21,29H,3,5,9H2,1H3/t21-/m0/s1. The van der Waals surface area contributed by atoms with Crippen molar-refractivity contribution in [2.24, 2.45) is 0 Å². The molecule has 2 aromatic carbocycles. The van der Waals surface area contributed by atoms with E-state index in [9.17, 15) is 14.4 Å². The summed E-state index contributed by atoms with van der Waals surface area (Å²) in [6.07, 6.45) is 5.08. The van der Waals surface area contributed by atoms with Crippen molar-refractivity contribution in [1.82, 2.24) is 19.9 Å². The monoisotopic (exact) mass is 441 g/mol. The fourth-order valence-corrected chi connectivity index (χ4v) is 4.30. The van der Waals surface area contributed by atoms with E-state index in [1.165, 1.54) is 29.9 Å². The van der Waals surface area contributed by atoms with E-state index in [-0.39, 0.29) is 22.7 Å². The van der Waals surface area contributed by atoms with Gasteiger partial charge in [0.25, 0.3) is 5.56 Å².